The van der Waals surface area contributed by atoms with Gasteiger partial charge in [0.1, 0.15) is 0 Å². The average molecular weight is 405 g/mol. The third kappa shape index (κ3) is 2.80. The standard InChI is InChI=1S/C13H10BrIO2/c14-13-9-4-2-1-3-8(9)7-11(15)10(13)5-6-12(16)17/h1-6,11H,7H2,(H,16,17). The van der Waals surface area contributed by atoms with Gasteiger partial charge in [-0.3, -0.25) is 0 Å². The fraction of sp³-hybridized carbons (Fsp3) is 0.154. The molecule has 1 N–H and O–H groups in total. The van der Waals surface area contributed by atoms with Crippen molar-refractivity contribution in [2.75, 3.05) is 0 Å². The van der Waals surface area contributed by atoms with Gasteiger partial charge < -0.3 is 5.11 Å². The van der Waals surface area contributed by atoms with E-state index in [0.29, 0.717) is 3.92 Å². The molecule has 0 spiro atoms. The number of carboxylic acid groups (broad SMARTS) is 1. The lowest BCUT2D eigenvalue weighted by Crippen LogP contribution is -2.13. The smallest absolute Gasteiger partial charge is 0.328 e. The molecule has 1 aliphatic rings. The topological polar surface area (TPSA) is 37.3 Å². The van der Waals surface area contributed by atoms with Gasteiger partial charge in [-0.1, -0.05) is 46.9 Å². The lowest BCUT2D eigenvalue weighted by molar-refractivity contribution is -0.131. The summed E-state index contributed by atoms with van der Waals surface area (Å²) >= 11 is 5.92. The quantitative estimate of drug-likeness (QED) is 0.462. The van der Waals surface area contributed by atoms with Crippen LogP contribution in [0.1, 0.15) is 11.1 Å². The first kappa shape index (κ1) is 12.8. The van der Waals surface area contributed by atoms with E-state index in [4.69, 9.17) is 5.11 Å². The second-order valence-corrected chi connectivity index (χ2v) is 6.07. The van der Waals surface area contributed by atoms with Gasteiger partial charge in [-0.15, -0.1) is 0 Å². The number of benzene rings is 1. The van der Waals surface area contributed by atoms with Crippen LogP contribution in [0.15, 0.2) is 42.0 Å². The second-order valence-electron chi connectivity index (χ2n) is 3.77. The average Bonchev–Trinajstić information content (AvgIpc) is 2.28. The van der Waals surface area contributed by atoms with E-state index < -0.39 is 5.97 Å². The van der Waals surface area contributed by atoms with Crippen molar-refractivity contribution in [1.82, 2.24) is 0 Å². The van der Waals surface area contributed by atoms with Gasteiger partial charge in [0.05, 0.1) is 0 Å². The summed E-state index contributed by atoms with van der Waals surface area (Å²) in [5.41, 5.74) is 3.49. The molecule has 4 heteroatoms. The lowest BCUT2D eigenvalue weighted by atomic mass is 9.92. The number of fused-ring (bicyclic) bond motifs is 1. The van der Waals surface area contributed by atoms with Crippen LogP contribution in [0.25, 0.3) is 4.48 Å². The molecule has 0 saturated heterocycles. The number of allylic oxidation sites excluding steroid dienone is 2. The third-order valence-electron chi connectivity index (χ3n) is 2.65. The summed E-state index contributed by atoms with van der Waals surface area (Å²) in [5.74, 6) is -0.916. The highest BCUT2D eigenvalue weighted by Gasteiger charge is 2.22. The summed E-state index contributed by atoms with van der Waals surface area (Å²) in [5, 5.41) is 8.68. The molecule has 17 heavy (non-hydrogen) atoms. The minimum Gasteiger partial charge on any atom is -0.478 e. The van der Waals surface area contributed by atoms with Crippen molar-refractivity contribution in [3.05, 3.63) is 53.1 Å². The molecule has 88 valence electrons. The van der Waals surface area contributed by atoms with Crippen LogP contribution >= 0.6 is 38.5 Å². The van der Waals surface area contributed by atoms with Crippen molar-refractivity contribution in [2.24, 2.45) is 0 Å². The van der Waals surface area contributed by atoms with Gasteiger partial charge in [0.15, 0.2) is 0 Å². The first-order valence-electron chi connectivity index (χ1n) is 5.12. The van der Waals surface area contributed by atoms with Gasteiger partial charge in [-0.25, -0.2) is 4.79 Å². The highest BCUT2D eigenvalue weighted by molar-refractivity contribution is 14.1. The van der Waals surface area contributed by atoms with E-state index in [1.165, 1.54) is 11.6 Å². The SMILES string of the molecule is O=C(O)C=CC1=C(Br)c2ccccc2CC1I. The van der Waals surface area contributed by atoms with E-state index in [-0.39, 0.29) is 0 Å². The molecular weight excluding hydrogens is 395 g/mol. The van der Waals surface area contributed by atoms with Gasteiger partial charge in [-0.2, -0.15) is 0 Å². The summed E-state index contributed by atoms with van der Waals surface area (Å²) in [4.78, 5) is 10.6. The summed E-state index contributed by atoms with van der Waals surface area (Å²) in [6.45, 7) is 0. The maximum Gasteiger partial charge on any atom is 0.328 e. The summed E-state index contributed by atoms with van der Waals surface area (Å²) in [6.07, 6.45) is 3.81. The van der Waals surface area contributed by atoms with Crippen molar-refractivity contribution in [3.8, 4) is 0 Å². The lowest BCUT2D eigenvalue weighted by Gasteiger charge is -2.22. The molecule has 0 fully saturated rings. The number of hydrogen-bond donors (Lipinski definition) is 1. The number of hydrogen-bond acceptors (Lipinski definition) is 1. The Kier molecular flexibility index (Phi) is 4.04. The summed E-state index contributed by atoms with van der Waals surface area (Å²) in [7, 11) is 0. The Morgan fingerprint density at radius 3 is 2.88 bits per heavy atom. The maximum atomic E-state index is 10.6. The first-order chi connectivity index (χ1) is 8.09. The first-order valence-corrected chi connectivity index (χ1v) is 7.16. The zero-order valence-corrected chi connectivity index (χ0v) is 12.6. The number of carboxylic acids is 1. The Hall–Kier alpha value is -0.620. The van der Waals surface area contributed by atoms with Gasteiger partial charge in [0.25, 0.3) is 0 Å². The van der Waals surface area contributed by atoms with Crippen LogP contribution < -0.4 is 0 Å². The molecule has 2 rings (SSSR count). The van der Waals surface area contributed by atoms with Gasteiger partial charge in [0.2, 0.25) is 0 Å². The Bertz CT molecular complexity index is 520. The molecule has 0 bridgehead atoms. The minimum absolute atomic E-state index is 0.299. The van der Waals surface area contributed by atoms with E-state index in [2.05, 4.69) is 50.7 Å². The van der Waals surface area contributed by atoms with E-state index in [0.717, 1.165) is 22.0 Å². The largest absolute Gasteiger partial charge is 0.478 e. The molecule has 0 saturated carbocycles. The summed E-state index contributed by atoms with van der Waals surface area (Å²) in [6, 6.07) is 8.18. The van der Waals surface area contributed by atoms with Crippen LogP contribution in [-0.4, -0.2) is 15.0 Å². The number of aliphatic carboxylic acids is 1. The molecule has 1 aliphatic carbocycles. The van der Waals surface area contributed by atoms with Crippen molar-refractivity contribution >= 4 is 49.0 Å². The van der Waals surface area contributed by atoms with Crippen LogP contribution in [0.4, 0.5) is 0 Å². The molecule has 1 atom stereocenters. The highest BCUT2D eigenvalue weighted by atomic mass is 127. The normalized spacial score (nSPS) is 19.5. The molecule has 1 unspecified atom stereocenters. The van der Waals surface area contributed by atoms with E-state index >= 15 is 0 Å². The predicted octanol–water partition coefficient (Wildman–Crippen LogP) is 3.79. The monoisotopic (exact) mass is 404 g/mol. The fourth-order valence-electron chi connectivity index (χ4n) is 1.85. The fourth-order valence-corrected chi connectivity index (χ4v) is 4.06. The van der Waals surface area contributed by atoms with Crippen molar-refractivity contribution in [2.45, 2.75) is 10.3 Å². The van der Waals surface area contributed by atoms with Crippen LogP contribution in [0.5, 0.6) is 0 Å². The molecule has 0 aromatic heterocycles. The Morgan fingerprint density at radius 2 is 2.18 bits per heavy atom. The molecule has 0 amide bonds. The summed E-state index contributed by atoms with van der Waals surface area (Å²) < 4.78 is 1.30. The number of carbonyl (C=O) groups is 1. The molecular formula is C13H10BrIO2. The van der Waals surface area contributed by atoms with Gasteiger partial charge >= 0.3 is 5.97 Å². The van der Waals surface area contributed by atoms with Crippen LogP contribution in [0, 0.1) is 0 Å². The van der Waals surface area contributed by atoms with Gasteiger partial charge in [-0.05, 0) is 45.1 Å². The van der Waals surface area contributed by atoms with Crippen LogP contribution in [0.3, 0.4) is 0 Å². The number of alkyl halides is 1. The third-order valence-corrected chi connectivity index (χ3v) is 4.65. The van der Waals surface area contributed by atoms with E-state index in [9.17, 15) is 4.79 Å². The van der Waals surface area contributed by atoms with Gasteiger partial charge in [0, 0.05) is 14.5 Å². The zero-order chi connectivity index (χ0) is 12.4. The Morgan fingerprint density at radius 1 is 1.47 bits per heavy atom. The highest BCUT2D eigenvalue weighted by Crippen LogP contribution is 2.38. The van der Waals surface area contributed by atoms with Crippen molar-refractivity contribution < 1.29 is 9.90 Å². The Balaban J connectivity index is 2.47. The second kappa shape index (κ2) is 5.35. The van der Waals surface area contributed by atoms with Crippen LogP contribution in [-0.2, 0) is 11.2 Å². The molecule has 0 radical (unpaired) electrons. The number of rotatable bonds is 2. The predicted molar refractivity (Wildman–Crippen MR) is 80.6 cm³/mol. The van der Waals surface area contributed by atoms with Crippen LogP contribution in [0.2, 0.25) is 0 Å². The molecule has 0 aliphatic heterocycles. The number of halogens is 2. The molecule has 2 nitrogen and oxygen atoms in total. The molecule has 1 aromatic carbocycles. The van der Waals surface area contributed by atoms with Crippen molar-refractivity contribution in [1.29, 1.82) is 0 Å². The maximum absolute atomic E-state index is 10.6. The van der Waals surface area contributed by atoms with Crippen molar-refractivity contribution in [3.63, 3.8) is 0 Å². The molecule has 0 heterocycles. The van der Waals surface area contributed by atoms with E-state index in [1.54, 1.807) is 6.08 Å². The van der Waals surface area contributed by atoms with E-state index in [1.807, 2.05) is 12.1 Å². The molecule has 1 aromatic rings. The zero-order valence-electron chi connectivity index (χ0n) is 8.86. The minimum atomic E-state index is -0.916. The Labute approximate surface area is 122 Å².